The Morgan fingerprint density at radius 1 is 0.964 bits per heavy atom. The normalized spacial score (nSPS) is 14.8. The highest BCUT2D eigenvalue weighted by Crippen LogP contribution is 2.10. The lowest BCUT2D eigenvalue weighted by Gasteiger charge is -2.34. The number of hydrogen-bond acceptors (Lipinski definition) is 5. The van der Waals surface area contributed by atoms with Crippen molar-refractivity contribution in [2.24, 2.45) is 0 Å². The molecule has 1 aliphatic rings. The zero-order valence-electron chi connectivity index (χ0n) is 15.6. The van der Waals surface area contributed by atoms with E-state index in [4.69, 9.17) is 0 Å². The van der Waals surface area contributed by atoms with E-state index in [-0.39, 0.29) is 6.03 Å². The summed E-state index contributed by atoms with van der Waals surface area (Å²) < 4.78 is 1.77. The molecule has 0 spiro atoms. The van der Waals surface area contributed by atoms with Gasteiger partial charge in [-0.05, 0) is 29.8 Å². The Morgan fingerprint density at radius 2 is 1.79 bits per heavy atom. The molecule has 1 saturated heterocycles. The summed E-state index contributed by atoms with van der Waals surface area (Å²) in [5.41, 5.74) is 2.17. The van der Waals surface area contributed by atoms with Gasteiger partial charge >= 0.3 is 6.03 Å². The molecule has 4 heterocycles. The van der Waals surface area contributed by atoms with Gasteiger partial charge in [0.2, 0.25) is 0 Å². The third-order valence-corrected chi connectivity index (χ3v) is 4.74. The average molecular weight is 377 g/mol. The number of nitrogens with zero attached hydrogens (tertiary/aromatic N) is 6. The number of hydrogen-bond donors (Lipinski definition) is 1. The number of anilines is 1. The Hall–Kier alpha value is -3.26. The summed E-state index contributed by atoms with van der Waals surface area (Å²) in [5.74, 6) is 0.556. The quantitative estimate of drug-likeness (QED) is 0.736. The number of amides is 2. The second-order valence-electron chi connectivity index (χ2n) is 6.77. The van der Waals surface area contributed by atoms with Crippen molar-refractivity contribution in [3.05, 3.63) is 72.4 Å². The molecule has 4 rings (SSSR count). The standard InChI is InChI=1S/C20H23N7O/c28-20(23-19-6-10-27(24-19)16-18-3-1-2-7-22-18)26-13-11-25(12-14-26)15-17-4-8-21-9-5-17/h1-10H,11-16H2,(H,23,24,28). The molecule has 0 radical (unpaired) electrons. The Kier molecular flexibility index (Phi) is 5.58. The van der Waals surface area contributed by atoms with Gasteiger partial charge in [0.05, 0.1) is 12.2 Å². The van der Waals surface area contributed by atoms with Gasteiger partial charge in [0, 0.05) is 63.6 Å². The van der Waals surface area contributed by atoms with Crippen molar-refractivity contribution in [1.82, 2.24) is 29.5 Å². The molecule has 0 bridgehead atoms. The molecule has 0 aromatic carbocycles. The van der Waals surface area contributed by atoms with Crippen LogP contribution >= 0.6 is 0 Å². The van der Waals surface area contributed by atoms with Crippen molar-refractivity contribution < 1.29 is 4.79 Å². The van der Waals surface area contributed by atoms with Crippen molar-refractivity contribution >= 4 is 11.8 Å². The van der Waals surface area contributed by atoms with E-state index in [0.717, 1.165) is 25.3 Å². The summed E-state index contributed by atoms with van der Waals surface area (Å²) in [5, 5.41) is 7.30. The molecule has 1 N–H and O–H groups in total. The van der Waals surface area contributed by atoms with Gasteiger partial charge in [0.25, 0.3) is 0 Å². The number of nitrogens with one attached hydrogen (secondary N) is 1. The second-order valence-corrected chi connectivity index (χ2v) is 6.77. The van der Waals surface area contributed by atoms with Crippen LogP contribution in [0.2, 0.25) is 0 Å². The fourth-order valence-corrected chi connectivity index (χ4v) is 3.22. The van der Waals surface area contributed by atoms with E-state index in [0.29, 0.717) is 25.5 Å². The van der Waals surface area contributed by atoms with Crippen molar-refractivity contribution in [3.63, 3.8) is 0 Å². The molecule has 3 aromatic rings. The van der Waals surface area contributed by atoms with Gasteiger partial charge in [-0.2, -0.15) is 5.10 Å². The summed E-state index contributed by atoms with van der Waals surface area (Å²) in [4.78, 5) is 25.0. The Bertz CT molecular complexity index is 889. The molecule has 28 heavy (non-hydrogen) atoms. The van der Waals surface area contributed by atoms with Crippen molar-refractivity contribution in [3.8, 4) is 0 Å². The fraction of sp³-hybridized carbons (Fsp3) is 0.300. The smallest absolute Gasteiger partial charge is 0.322 e. The monoisotopic (exact) mass is 377 g/mol. The number of carbonyl (C=O) groups excluding carboxylic acids is 1. The van der Waals surface area contributed by atoms with Crippen LogP contribution < -0.4 is 5.32 Å². The van der Waals surface area contributed by atoms with E-state index in [9.17, 15) is 4.79 Å². The van der Waals surface area contributed by atoms with Gasteiger partial charge in [0.15, 0.2) is 5.82 Å². The van der Waals surface area contributed by atoms with Crippen molar-refractivity contribution in [2.75, 3.05) is 31.5 Å². The Balaban J connectivity index is 1.26. The minimum absolute atomic E-state index is 0.105. The second kappa shape index (κ2) is 8.62. The fourth-order valence-electron chi connectivity index (χ4n) is 3.22. The molecule has 0 unspecified atom stereocenters. The van der Waals surface area contributed by atoms with E-state index in [2.05, 4.69) is 25.3 Å². The first-order valence-electron chi connectivity index (χ1n) is 9.37. The maximum absolute atomic E-state index is 12.5. The van der Waals surface area contributed by atoms with Crippen LogP contribution in [-0.4, -0.2) is 61.8 Å². The molecule has 8 heteroatoms. The first kappa shape index (κ1) is 18.1. The highest BCUT2D eigenvalue weighted by molar-refractivity contribution is 5.88. The summed E-state index contributed by atoms with van der Waals surface area (Å²) in [6, 6.07) is 11.5. The van der Waals surface area contributed by atoms with Gasteiger partial charge in [-0.25, -0.2) is 4.79 Å². The molecular weight excluding hydrogens is 354 g/mol. The van der Waals surface area contributed by atoms with Crippen LogP contribution in [0.4, 0.5) is 10.6 Å². The van der Waals surface area contributed by atoms with Crippen LogP contribution in [0.1, 0.15) is 11.3 Å². The minimum atomic E-state index is -0.105. The van der Waals surface area contributed by atoms with Gasteiger partial charge in [-0.15, -0.1) is 0 Å². The zero-order chi connectivity index (χ0) is 19.2. The number of carbonyl (C=O) groups is 1. The molecule has 3 aromatic heterocycles. The molecule has 0 atom stereocenters. The van der Waals surface area contributed by atoms with Crippen LogP contribution in [0, 0.1) is 0 Å². The molecule has 0 saturated carbocycles. The SMILES string of the molecule is O=C(Nc1ccn(Cc2ccccn2)n1)N1CCN(Cc2ccncc2)CC1. The molecule has 0 aliphatic carbocycles. The van der Waals surface area contributed by atoms with Gasteiger partial charge in [0.1, 0.15) is 0 Å². The van der Waals surface area contributed by atoms with Crippen LogP contribution in [0.5, 0.6) is 0 Å². The maximum atomic E-state index is 12.5. The Morgan fingerprint density at radius 3 is 2.54 bits per heavy atom. The average Bonchev–Trinajstić information content (AvgIpc) is 3.17. The Labute approximate surface area is 163 Å². The molecule has 8 nitrogen and oxygen atoms in total. The predicted molar refractivity (Wildman–Crippen MR) is 106 cm³/mol. The van der Waals surface area contributed by atoms with Crippen molar-refractivity contribution in [2.45, 2.75) is 13.1 Å². The molecular formula is C20H23N7O. The summed E-state index contributed by atoms with van der Waals surface area (Å²) in [7, 11) is 0. The van der Waals surface area contributed by atoms with Crippen LogP contribution in [0.3, 0.4) is 0 Å². The zero-order valence-corrected chi connectivity index (χ0v) is 15.6. The summed E-state index contributed by atoms with van der Waals surface area (Å²) in [6.07, 6.45) is 7.23. The van der Waals surface area contributed by atoms with Gasteiger partial charge < -0.3 is 4.90 Å². The highest BCUT2D eigenvalue weighted by atomic mass is 16.2. The van der Waals surface area contributed by atoms with Gasteiger partial charge in [-0.3, -0.25) is 24.9 Å². The topological polar surface area (TPSA) is 79.2 Å². The number of aromatic nitrogens is 4. The first-order valence-corrected chi connectivity index (χ1v) is 9.37. The van der Waals surface area contributed by atoms with E-state index in [1.165, 1.54) is 5.56 Å². The van der Waals surface area contributed by atoms with Crippen molar-refractivity contribution in [1.29, 1.82) is 0 Å². The van der Waals surface area contributed by atoms with E-state index >= 15 is 0 Å². The predicted octanol–water partition coefficient (Wildman–Crippen LogP) is 2.07. The number of piperazine rings is 1. The van der Waals surface area contributed by atoms with E-state index in [1.807, 2.05) is 53.8 Å². The highest BCUT2D eigenvalue weighted by Gasteiger charge is 2.21. The first-order chi connectivity index (χ1) is 13.8. The molecule has 2 amide bonds. The third kappa shape index (κ3) is 4.72. The largest absolute Gasteiger partial charge is 0.323 e. The van der Waals surface area contributed by atoms with Crippen LogP contribution in [0.25, 0.3) is 0 Å². The van der Waals surface area contributed by atoms with Crippen LogP contribution in [-0.2, 0) is 13.1 Å². The molecule has 144 valence electrons. The van der Waals surface area contributed by atoms with Gasteiger partial charge in [-0.1, -0.05) is 6.07 Å². The lowest BCUT2D eigenvalue weighted by molar-refractivity contribution is 0.143. The van der Waals surface area contributed by atoms with E-state index < -0.39 is 0 Å². The summed E-state index contributed by atoms with van der Waals surface area (Å²) >= 11 is 0. The maximum Gasteiger partial charge on any atom is 0.323 e. The summed E-state index contributed by atoms with van der Waals surface area (Å²) in [6.45, 7) is 4.56. The number of urea groups is 1. The van der Waals surface area contributed by atoms with Crippen LogP contribution in [0.15, 0.2) is 61.2 Å². The lowest BCUT2D eigenvalue weighted by atomic mass is 10.2. The number of pyridine rings is 2. The lowest BCUT2D eigenvalue weighted by Crippen LogP contribution is -2.49. The minimum Gasteiger partial charge on any atom is -0.322 e. The molecule has 1 fully saturated rings. The molecule has 1 aliphatic heterocycles. The van der Waals surface area contributed by atoms with E-state index in [1.54, 1.807) is 16.9 Å². The number of rotatable bonds is 5. The third-order valence-electron chi connectivity index (χ3n) is 4.74.